The van der Waals surface area contributed by atoms with Gasteiger partial charge in [0.25, 0.3) is 0 Å². The van der Waals surface area contributed by atoms with Crippen LogP contribution in [0.5, 0.6) is 0 Å². The Morgan fingerprint density at radius 2 is 1.00 bits per heavy atom. The fraction of sp³-hybridized carbons (Fsp3) is 0. The first-order valence-corrected chi connectivity index (χ1v) is 6.90. The second kappa shape index (κ2) is 5.52. The molecule has 0 saturated heterocycles. The molecule has 2 aromatic rings. The molecule has 0 bridgehead atoms. The SMILES string of the molecule is [SeH]C([SeH])=C(c1ccccc1)c1ccccc1. The van der Waals surface area contributed by atoms with Crippen molar-refractivity contribution < 1.29 is 0 Å². The van der Waals surface area contributed by atoms with Crippen LogP contribution in [-0.4, -0.2) is 32.0 Å². The predicted octanol–water partition coefficient (Wildman–Crippen LogP) is 2.21. The van der Waals surface area contributed by atoms with Crippen LogP contribution in [0.3, 0.4) is 0 Å². The molecule has 16 heavy (non-hydrogen) atoms. The molecule has 2 rings (SSSR count). The van der Waals surface area contributed by atoms with E-state index in [-0.39, 0.29) is 0 Å². The van der Waals surface area contributed by atoms with Crippen LogP contribution in [0.15, 0.2) is 64.0 Å². The van der Waals surface area contributed by atoms with Gasteiger partial charge in [-0.25, -0.2) is 0 Å². The Morgan fingerprint density at radius 3 is 1.31 bits per heavy atom. The van der Waals surface area contributed by atoms with E-state index in [1.165, 1.54) is 20.1 Å². The molecule has 0 N–H and O–H groups in total. The van der Waals surface area contributed by atoms with Crippen molar-refractivity contribution in [3.63, 3.8) is 0 Å². The standard InChI is InChI=1S/C14H12Se2/c15-14(16)13(11-7-3-1-4-8-11)12-9-5-2-6-10-12/h1-10,15-16H. The third kappa shape index (κ3) is 2.66. The molecule has 0 nitrogen and oxygen atoms in total. The Bertz CT molecular complexity index is 441. The van der Waals surface area contributed by atoms with Gasteiger partial charge >= 0.3 is 113 Å². The third-order valence-electron chi connectivity index (χ3n) is 2.35. The first-order valence-electron chi connectivity index (χ1n) is 5.02. The van der Waals surface area contributed by atoms with Gasteiger partial charge in [-0.1, -0.05) is 0 Å². The molecule has 0 aliphatic carbocycles. The molecule has 0 amide bonds. The Kier molecular flexibility index (Phi) is 4.03. The van der Waals surface area contributed by atoms with E-state index in [0.717, 1.165) is 0 Å². The molecule has 0 unspecified atom stereocenters. The van der Waals surface area contributed by atoms with Crippen LogP contribution in [-0.2, 0) is 0 Å². The molecule has 0 aromatic heterocycles. The van der Waals surface area contributed by atoms with Gasteiger partial charge in [0.2, 0.25) is 0 Å². The van der Waals surface area contributed by atoms with Crippen LogP contribution >= 0.6 is 0 Å². The maximum absolute atomic E-state index is 2.61. The average Bonchev–Trinajstić information content (AvgIpc) is 2.31. The Hall–Kier alpha value is -0.781. The maximum atomic E-state index is 2.61. The van der Waals surface area contributed by atoms with E-state index in [2.05, 4.69) is 80.6 Å². The molecule has 0 aliphatic rings. The molecule has 0 fully saturated rings. The van der Waals surface area contributed by atoms with Gasteiger partial charge in [0.05, 0.1) is 0 Å². The summed E-state index contributed by atoms with van der Waals surface area (Å²) >= 11 is 5.22. The molecule has 80 valence electrons. The normalized spacial score (nSPS) is 9.88. The second-order valence-corrected chi connectivity index (χ2v) is 6.97. The first-order chi connectivity index (χ1) is 7.79. The van der Waals surface area contributed by atoms with E-state index in [1.54, 1.807) is 0 Å². The average molecular weight is 338 g/mol. The van der Waals surface area contributed by atoms with E-state index in [9.17, 15) is 0 Å². The molecule has 0 atom stereocenters. The van der Waals surface area contributed by atoms with Gasteiger partial charge in [0.1, 0.15) is 0 Å². The van der Waals surface area contributed by atoms with Crippen LogP contribution in [0.1, 0.15) is 11.1 Å². The fourth-order valence-electron chi connectivity index (χ4n) is 1.63. The number of rotatable bonds is 2. The topological polar surface area (TPSA) is 0 Å². The number of hydrogen-bond donors (Lipinski definition) is 0. The Morgan fingerprint density at radius 1 is 0.625 bits per heavy atom. The van der Waals surface area contributed by atoms with E-state index >= 15 is 0 Å². The van der Waals surface area contributed by atoms with Gasteiger partial charge in [0.15, 0.2) is 0 Å². The molecule has 2 heteroatoms. The Balaban J connectivity index is 2.54. The quantitative estimate of drug-likeness (QED) is 0.737. The zero-order valence-electron chi connectivity index (χ0n) is 8.67. The van der Waals surface area contributed by atoms with E-state index in [1.807, 2.05) is 12.1 Å². The van der Waals surface area contributed by atoms with Crippen molar-refractivity contribution in [2.45, 2.75) is 0 Å². The molecule has 2 aromatic carbocycles. The minimum atomic E-state index is 1.22. The summed E-state index contributed by atoms with van der Waals surface area (Å²) in [6.07, 6.45) is 0. The molecule has 0 heterocycles. The van der Waals surface area contributed by atoms with Crippen molar-refractivity contribution >= 4 is 37.6 Å². The van der Waals surface area contributed by atoms with Crippen molar-refractivity contribution in [1.82, 2.24) is 0 Å². The van der Waals surface area contributed by atoms with Crippen LogP contribution < -0.4 is 0 Å². The van der Waals surface area contributed by atoms with Crippen molar-refractivity contribution in [2.75, 3.05) is 0 Å². The van der Waals surface area contributed by atoms with Crippen molar-refractivity contribution in [1.29, 1.82) is 0 Å². The van der Waals surface area contributed by atoms with Gasteiger partial charge in [-0.3, -0.25) is 0 Å². The molecule has 0 aliphatic heterocycles. The first kappa shape index (κ1) is 11.7. The molecule has 0 saturated carbocycles. The van der Waals surface area contributed by atoms with Crippen molar-refractivity contribution in [2.24, 2.45) is 0 Å². The van der Waals surface area contributed by atoms with Gasteiger partial charge < -0.3 is 0 Å². The summed E-state index contributed by atoms with van der Waals surface area (Å²) in [6, 6.07) is 20.9. The van der Waals surface area contributed by atoms with Crippen molar-refractivity contribution in [3.8, 4) is 0 Å². The molecule has 0 spiro atoms. The number of hydrogen-bond acceptors (Lipinski definition) is 0. The zero-order chi connectivity index (χ0) is 11.4. The summed E-state index contributed by atoms with van der Waals surface area (Å²) in [4.78, 5) is 0. The Labute approximate surface area is 112 Å². The summed E-state index contributed by atoms with van der Waals surface area (Å²) in [5.41, 5.74) is 3.79. The minimum absolute atomic E-state index is 1.22. The van der Waals surface area contributed by atoms with Crippen LogP contribution in [0.4, 0.5) is 0 Å². The molecule has 0 radical (unpaired) electrons. The van der Waals surface area contributed by atoms with Crippen LogP contribution in [0, 0.1) is 0 Å². The van der Waals surface area contributed by atoms with Crippen LogP contribution in [0.2, 0.25) is 0 Å². The molecular formula is C14H12Se2. The summed E-state index contributed by atoms with van der Waals surface area (Å²) in [6.45, 7) is 0. The molecular weight excluding hydrogens is 326 g/mol. The van der Waals surface area contributed by atoms with Gasteiger partial charge in [-0.2, -0.15) is 0 Å². The number of benzene rings is 2. The van der Waals surface area contributed by atoms with Crippen LogP contribution in [0.25, 0.3) is 5.57 Å². The van der Waals surface area contributed by atoms with E-state index < -0.39 is 0 Å². The summed E-state index contributed by atoms with van der Waals surface area (Å²) in [5, 5.41) is 0. The van der Waals surface area contributed by atoms with E-state index in [4.69, 9.17) is 0 Å². The third-order valence-corrected chi connectivity index (χ3v) is 3.29. The zero-order valence-corrected chi connectivity index (χ0v) is 12.4. The van der Waals surface area contributed by atoms with E-state index in [0.29, 0.717) is 0 Å². The van der Waals surface area contributed by atoms with Gasteiger partial charge in [0, 0.05) is 0 Å². The second-order valence-electron chi connectivity index (χ2n) is 3.43. The van der Waals surface area contributed by atoms with Gasteiger partial charge in [-0.05, 0) is 0 Å². The summed E-state index contributed by atoms with van der Waals surface area (Å²) in [5.74, 6) is 0. The summed E-state index contributed by atoms with van der Waals surface area (Å²) < 4.78 is 1.22. The van der Waals surface area contributed by atoms with Gasteiger partial charge in [-0.15, -0.1) is 0 Å². The van der Waals surface area contributed by atoms with Crippen molar-refractivity contribution in [3.05, 3.63) is 75.2 Å². The fourth-order valence-corrected chi connectivity index (χ4v) is 2.72. The summed E-state index contributed by atoms with van der Waals surface area (Å²) in [7, 11) is 0. The predicted molar refractivity (Wildman–Crippen MR) is 73.2 cm³/mol. The monoisotopic (exact) mass is 340 g/mol.